The number of benzene rings is 2. The lowest BCUT2D eigenvalue weighted by molar-refractivity contribution is -0.120. The van der Waals surface area contributed by atoms with E-state index in [1.54, 1.807) is 24.3 Å². The minimum absolute atomic E-state index is 0.0320. The number of rotatable bonds is 8. The van der Waals surface area contributed by atoms with Gasteiger partial charge in [0.25, 0.3) is 0 Å². The molecule has 140 valence electrons. The predicted molar refractivity (Wildman–Crippen MR) is 105 cm³/mol. The van der Waals surface area contributed by atoms with Crippen molar-refractivity contribution in [3.05, 3.63) is 59.7 Å². The van der Waals surface area contributed by atoms with Crippen LogP contribution in [0.4, 0.5) is 5.69 Å². The zero-order valence-electron chi connectivity index (χ0n) is 15.5. The highest BCUT2D eigenvalue weighted by molar-refractivity contribution is 7.91. The zero-order valence-corrected chi connectivity index (χ0v) is 16.3. The van der Waals surface area contributed by atoms with Gasteiger partial charge >= 0.3 is 0 Å². The highest BCUT2D eigenvalue weighted by atomic mass is 32.2. The van der Waals surface area contributed by atoms with Crippen molar-refractivity contribution in [1.82, 2.24) is 5.32 Å². The van der Waals surface area contributed by atoms with Crippen LogP contribution in [0.5, 0.6) is 0 Å². The molecule has 0 fully saturated rings. The Morgan fingerprint density at radius 2 is 1.62 bits per heavy atom. The SMILES string of the molecule is Cc1ccc(S(=O)(=O)CCC(=O)NCCc2ccc(N(C)C)cc2)cc1. The third kappa shape index (κ3) is 5.88. The third-order valence-electron chi connectivity index (χ3n) is 4.17. The number of hydrogen-bond donors (Lipinski definition) is 1. The van der Waals surface area contributed by atoms with Gasteiger partial charge in [0.15, 0.2) is 9.84 Å². The maximum atomic E-state index is 12.2. The zero-order chi connectivity index (χ0) is 19.2. The van der Waals surface area contributed by atoms with Gasteiger partial charge in [-0.25, -0.2) is 8.42 Å². The minimum atomic E-state index is -3.43. The van der Waals surface area contributed by atoms with Gasteiger partial charge in [0.1, 0.15) is 0 Å². The van der Waals surface area contributed by atoms with E-state index in [0.29, 0.717) is 13.0 Å². The lowest BCUT2D eigenvalue weighted by atomic mass is 10.1. The van der Waals surface area contributed by atoms with E-state index in [9.17, 15) is 13.2 Å². The van der Waals surface area contributed by atoms with Gasteiger partial charge in [0.2, 0.25) is 5.91 Å². The van der Waals surface area contributed by atoms with E-state index in [2.05, 4.69) is 5.32 Å². The van der Waals surface area contributed by atoms with Crippen molar-refractivity contribution in [1.29, 1.82) is 0 Å². The van der Waals surface area contributed by atoms with Crippen LogP contribution in [0.2, 0.25) is 0 Å². The molecule has 0 heterocycles. The van der Waals surface area contributed by atoms with E-state index >= 15 is 0 Å². The molecule has 0 spiro atoms. The Balaban J connectivity index is 1.77. The fourth-order valence-corrected chi connectivity index (χ4v) is 3.73. The number of sulfone groups is 1. The van der Waals surface area contributed by atoms with Gasteiger partial charge in [-0.1, -0.05) is 29.8 Å². The molecule has 0 aromatic heterocycles. The molecule has 6 heteroatoms. The number of hydrogen-bond acceptors (Lipinski definition) is 4. The topological polar surface area (TPSA) is 66.5 Å². The smallest absolute Gasteiger partial charge is 0.221 e. The summed E-state index contributed by atoms with van der Waals surface area (Å²) < 4.78 is 24.5. The number of aryl methyl sites for hydroxylation is 1. The van der Waals surface area contributed by atoms with Gasteiger partial charge in [0.05, 0.1) is 10.6 Å². The molecule has 0 saturated carbocycles. The van der Waals surface area contributed by atoms with E-state index in [0.717, 1.165) is 16.8 Å². The van der Waals surface area contributed by atoms with Crippen molar-refractivity contribution >= 4 is 21.4 Å². The number of carbonyl (C=O) groups excluding carboxylic acids is 1. The first-order valence-electron chi connectivity index (χ1n) is 8.60. The molecular formula is C20H26N2O3S. The molecule has 0 bridgehead atoms. The molecule has 2 aromatic rings. The molecule has 0 radical (unpaired) electrons. The van der Waals surface area contributed by atoms with Gasteiger partial charge in [-0.2, -0.15) is 0 Å². The second kappa shape index (κ2) is 8.85. The van der Waals surface area contributed by atoms with E-state index in [1.807, 2.05) is 50.2 Å². The van der Waals surface area contributed by atoms with Gasteiger partial charge in [0, 0.05) is 32.7 Å². The predicted octanol–water partition coefficient (Wildman–Crippen LogP) is 2.58. The van der Waals surface area contributed by atoms with Gasteiger partial charge < -0.3 is 10.2 Å². The summed E-state index contributed by atoms with van der Waals surface area (Å²) in [5.74, 6) is -0.426. The highest BCUT2D eigenvalue weighted by Crippen LogP contribution is 2.14. The third-order valence-corrected chi connectivity index (χ3v) is 5.90. The first-order valence-corrected chi connectivity index (χ1v) is 10.3. The number of nitrogens with one attached hydrogen (secondary N) is 1. The second-order valence-corrected chi connectivity index (χ2v) is 8.65. The van der Waals surface area contributed by atoms with Crippen LogP contribution in [0.25, 0.3) is 0 Å². The Labute approximate surface area is 156 Å². The number of nitrogens with zero attached hydrogens (tertiary/aromatic N) is 1. The van der Waals surface area contributed by atoms with E-state index in [4.69, 9.17) is 0 Å². The van der Waals surface area contributed by atoms with Gasteiger partial charge in [-0.05, 0) is 43.2 Å². The van der Waals surface area contributed by atoms with E-state index in [1.165, 1.54) is 0 Å². The number of amides is 1. The van der Waals surface area contributed by atoms with Crippen LogP contribution in [0.3, 0.4) is 0 Å². The molecule has 0 atom stereocenters. The Morgan fingerprint density at radius 1 is 1.00 bits per heavy atom. The van der Waals surface area contributed by atoms with Crippen molar-refractivity contribution in [3.63, 3.8) is 0 Å². The maximum absolute atomic E-state index is 12.2. The summed E-state index contributed by atoms with van der Waals surface area (Å²) in [7, 11) is 0.544. The first kappa shape index (κ1) is 20.0. The maximum Gasteiger partial charge on any atom is 0.221 e. The van der Waals surface area contributed by atoms with Crippen LogP contribution in [0.1, 0.15) is 17.5 Å². The van der Waals surface area contributed by atoms with Gasteiger partial charge in [-0.15, -0.1) is 0 Å². The molecule has 0 aliphatic heterocycles. The molecule has 0 aliphatic carbocycles. The standard InChI is InChI=1S/C20H26N2O3S/c1-16-4-10-19(11-5-16)26(24,25)15-13-20(23)21-14-12-17-6-8-18(9-7-17)22(2)3/h4-11H,12-15H2,1-3H3,(H,21,23). The normalized spacial score (nSPS) is 11.2. The Hall–Kier alpha value is -2.34. The fraction of sp³-hybridized carbons (Fsp3) is 0.350. The molecule has 2 aromatic carbocycles. The summed E-state index contributed by atoms with van der Waals surface area (Å²) in [5, 5.41) is 2.79. The average Bonchev–Trinajstić information content (AvgIpc) is 2.61. The summed E-state index contributed by atoms with van der Waals surface area (Å²) in [6, 6.07) is 14.8. The Morgan fingerprint density at radius 3 is 2.19 bits per heavy atom. The van der Waals surface area contributed by atoms with E-state index in [-0.39, 0.29) is 23.0 Å². The average molecular weight is 375 g/mol. The molecule has 26 heavy (non-hydrogen) atoms. The second-order valence-electron chi connectivity index (χ2n) is 6.54. The Bertz CT molecular complexity index is 826. The quantitative estimate of drug-likeness (QED) is 0.771. The molecule has 0 unspecified atom stereocenters. The summed E-state index contributed by atoms with van der Waals surface area (Å²) >= 11 is 0. The highest BCUT2D eigenvalue weighted by Gasteiger charge is 2.16. The van der Waals surface area contributed by atoms with Crippen molar-refractivity contribution in [2.45, 2.75) is 24.7 Å². The molecular weight excluding hydrogens is 348 g/mol. The van der Waals surface area contributed by atoms with Gasteiger partial charge in [-0.3, -0.25) is 4.79 Å². The summed E-state index contributed by atoms with van der Waals surface area (Å²) in [5.41, 5.74) is 3.25. The van der Waals surface area contributed by atoms with Crippen LogP contribution in [0, 0.1) is 6.92 Å². The molecule has 5 nitrogen and oxygen atoms in total. The first-order chi connectivity index (χ1) is 12.3. The molecule has 2 rings (SSSR count). The van der Waals surface area contributed by atoms with Crippen molar-refractivity contribution in [3.8, 4) is 0 Å². The van der Waals surface area contributed by atoms with E-state index < -0.39 is 9.84 Å². The Kier molecular flexibility index (Phi) is 6.80. The number of anilines is 1. The number of carbonyl (C=O) groups is 1. The van der Waals surface area contributed by atoms with Crippen LogP contribution in [-0.2, 0) is 21.1 Å². The van der Waals surface area contributed by atoms with Crippen LogP contribution in [0.15, 0.2) is 53.4 Å². The fourth-order valence-electron chi connectivity index (χ4n) is 2.49. The minimum Gasteiger partial charge on any atom is -0.378 e. The summed E-state index contributed by atoms with van der Waals surface area (Å²) in [4.78, 5) is 14.2. The molecule has 1 amide bonds. The van der Waals surface area contributed by atoms with Crippen molar-refractivity contribution in [2.75, 3.05) is 31.3 Å². The van der Waals surface area contributed by atoms with Crippen LogP contribution >= 0.6 is 0 Å². The van der Waals surface area contributed by atoms with Crippen molar-refractivity contribution in [2.24, 2.45) is 0 Å². The van der Waals surface area contributed by atoms with Crippen LogP contribution in [-0.4, -0.2) is 40.7 Å². The lowest BCUT2D eigenvalue weighted by Gasteiger charge is -2.12. The molecule has 0 aliphatic rings. The van der Waals surface area contributed by atoms with Crippen molar-refractivity contribution < 1.29 is 13.2 Å². The lowest BCUT2D eigenvalue weighted by Crippen LogP contribution is -2.27. The molecule has 0 saturated heterocycles. The molecule has 1 N–H and O–H groups in total. The summed E-state index contributed by atoms with van der Waals surface area (Å²) in [6.07, 6.45) is 0.680. The van der Waals surface area contributed by atoms with Crippen LogP contribution < -0.4 is 10.2 Å². The largest absolute Gasteiger partial charge is 0.378 e. The summed E-state index contributed by atoms with van der Waals surface area (Å²) in [6.45, 7) is 2.39. The monoisotopic (exact) mass is 374 g/mol.